The van der Waals surface area contributed by atoms with Gasteiger partial charge in [-0.15, -0.1) is 0 Å². The Hall–Kier alpha value is -1.13. The maximum atomic E-state index is 5.27. The van der Waals surface area contributed by atoms with E-state index in [1.165, 1.54) is 32.1 Å². The molecule has 0 aromatic heterocycles. The molecule has 0 radical (unpaired) electrons. The van der Waals surface area contributed by atoms with E-state index in [0.717, 1.165) is 31.2 Å². The van der Waals surface area contributed by atoms with E-state index in [-0.39, 0.29) is 0 Å². The summed E-state index contributed by atoms with van der Waals surface area (Å²) in [5, 5.41) is 10.8. The molecule has 1 fully saturated rings. The van der Waals surface area contributed by atoms with Gasteiger partial charge in [0.15, 0.2) is 5.11 Å². The summed E-state index contributed by atoms with van der Waals surface area (Å²) < 4.78 is 0. The van der Waals surface area contributed by atoms with Crippen LogP contribution in [0.3, 0.4) is 0 Å². The lowest BCUT2D eigenvalue weighted by atomic mass is 9.95. The molecule has 4 heteroatoms. The molecule has 0 atom stereocenters. The Kier molecular flexibility index (Phi) is 6.81. The van der Waals surface area contributed by atoms with Crippen LogP contribution >= 0.6 is 12.2 Å². The van der Waals surface area contributed by atoms with Crippen molar-refractivity contribution in [1.29, 1.82) is 0 Å². The van der Waals surface area contributed by atoms with Gasteiger partial charge in [-0.25, -0.2) is 0 Å². The molecule has 0 bridgehead atoms. The van der Waals surface area contributed by atoms with Gasteiger partial charge in [0.1, 0.15) is 0 Å². The molecule has 0 spiro atoms. The SMILES string of the molecule is S=C(NCCCNC1CCCCC1)Nc1ccccc1. The summed E-state index contributed by atoms with van der Waals surface area (Å²) in [6.07, 6.45) is 8.00. The minimum Gasteiger partial charge on any atom is -0.362 e. The van der Waals surface area contributed by atoms with Crippen molar-refractivity contribution < 1.29 is 0 Å². The van der Waals surface area contributed by atoms with Crippen LogP contribution in [0.25, 0.3) is 0 Å². The maximum Gasteiger partial charge on any atom is 0.170 e. The highest BCUT2D eigenvalue weighted by Gasteiger charge is 2.11. The van der Waals surface area contributed by atoms with Gasteiger partial charge >= 0.3 is 0 Å². The second kappa shape index (κ2) is 8.93. The van der Waals surface area contributed by atoms with Gasteiger partial charge in [0, 0.05) is 18.3 Å². The molecule has 3 N–H and O–H groups in total. The second-order valence-electron chi connectivity index (χ2n) is 5.39. The molecule has 20 heavy (non-hydrogen) atoms. The van der Waals surface area contributed by atoms with Crippen LogP contribution in [0.5, 0.6) is 0 Å². The molecular weight excluding hydrogens is 266 g/mol. The van der Waals surface area contributed by atoms with E-state index in [0.29, 0.717) is 5.11 Å². The smallest absolute Gasteiger partial charge is 0.170 e. The lowest BCUT2D eigenvalue weighted by molar-refractivity contribution is 0.372. The van der Waals surface area contributed by atoms with E-state index >= 15 is 0 Å². The summed E-state index contributed by atoms with van der Waals surface area (Å²) in [5.74, 6) is 0. The van der Waals surface area contributed by atoms with Crippen LogP contribution < -0.4 is 16.0 Å². The third-order valence-electron chi connectivity index (χ3n) is 3.71. The molecule has 1 aromatic carbocycles. The first kappa shape index (κ1) is 15.3. The quantitative estimate of drug-likeness (QED) is 0.555. The minimum absolute atomic E-state index is 0.703. The summed E-state index contributed by atoms with van der Waals surface area (Å²) >= 11 is 5.27. The maximum absolute atomic E-state index is 5.27. The monoisotopic (exact) mass is 291 g/mol. The topological polar surface area (TPSA) is 36.1 Å². The first-order valence-corrected chi connectivity index (χ1v) is 8.09. The standard InChI is InChI=1S/C16H25N3S/c20-16(19-15-10-5-2-6-11-15)18-13-7-12-17-14-8-3-1-4-9-14/h2,5-6,10-11,14,17H,1,3-4,7-9,12-13H2,(H2,18,19,20). The number of hydrogen-bond acceptors (Lipinski definition) is 2. The fourth-order valence-electron chi connectivity index (χ4n) is 2.60. The molecule has 0 unspecified atom stereocenters. The average Bonchev–Trinajstić information content (AvgIpc) is 2.49. The Morgan fingerprint density at radius 1 is 1.05 bits per heavy atom. The average molecular weight is 291 g/mol. The Bertz CT molecular complexity index is 388. The van der Waals surface area contributed by atoms with Crippen molar-refractivity contribution in [3.8, 4) is 0 Å². The van der Waals surface area contributed by atoms with Crippen LogP contribution in [0.15, 0.2) is 30.3 Å². The molecule has 110 valence electrons. The second-order valence-corrected chi connectivity index (χ2v) is 5.80. The number of benzene rings is 1. The molecule has 0 heterocycles. The molecule has 0 aliphatic heterocycles. The number of thiocarbonyl (C=S) groups is 1. The molecular formula is C16H25N3S. The highest BCUT2D eigenvalue weighted by atomic mass is 32.1. The van der Waals surface area contributed by atoms with Crippen molar-refractivity contribution in [2.45, 2.75) is 44.6 Å². The van der Waals surface area contributed by atoms with E-state index in [9.17, 15) is 0 Å². The summed E-state index contributed by atoms with van der Waals surface area (Å²) in [5.41, 5.74) is 1.03. The number of rotatable bonds is 6. The normalized spacial score (nSPS) is 15.8. The van der Waals surface area contributed by atoms with Gasteiger partial charge in [0.05, 0.1) is 0 Å². The lowest BCUT2D eigenvalue weighted by Crippen LogP contribution is -2.35. The number of anilines is 1. The zero-order valence-electron chi connectivity index (χ0n) is 12.0. The molecule has 1 aromatic rings. The Morgan fingerprint density at radius 2 is 1.80 bits per heavy atom. The Morgan fingerprint density at radius 3 is 2.55 bits per heavy atom. The third kappa shape index (κ3) is 5.88. The summed E-state index contributed by atoms with van der Waals surface area (Å²) in [6.45, 7) is 1.99. The number of hydrogen-bond donors (Lipinski definition) is 3. The van der Waals surface area contributed by atoms with Crippen LogP contribution in [0.4, 0.5) is 5.69 Å². The van der Waals surface area contributed by atoms with Gasteiger partial charge in [0.25, 0.3) is 0 Å². The first-order chi connectivity index (χ1) is 9.84. The van der Waals surface area contributed by atoms with E-state index in [1.807, 2.05) is 30.3 Å². The molecule has 3 nitrogen and oxygen atoms in total. The van der Waals surface area contributed by atoms with Crippen molar-refractivity contribution in [1.82, 2.24) is 10.6 Å². The minimum atomic E-state index is 0.703. The van der Waals surface area contributed by atoms with Crippen LogP contribution in [0.1, 0.15) is 38.5 Å². The van der Waals surface area contributed by atoms with E-state index in [2.05, 4.69) is 16.0 Å². The zero-order chi connectivity index (χ0) is 14.0. The molecule has 2 rings (SSSR count). The van der Waals surface area contributed by atoms with Crippen LogP contribution in [0.2, 0.25) is 0 Å². The van der Waals surface area contributed by atoms with Crippen molar-refractivity contribution in [2.75, 3.05) is 18.4 Å². The predicted molar refractivity (Wildman–Crippen MR) is 90.2 cm³/mol. The lowest BCUT2D eigenvalue weighted by Gasteiger charge is -2.22. The number of para-hydroxylation sites is 1. The van der Waals surface area contributed by atoms with Gasteiger partial charge in [-0.2, -0.15) is 0 Å². The number of nitrogens with one attached hydrogen (secondary N) is 3. The summed E-state index contributed by atoms with van der Waals surface area (Å²) in [7, 11) is 0. The predicted octanol–water partition coefficient (Wildman–Crippen LogP) is 3.29. The van der Waals surface area contributed by atoms with Gasteiger partial charge in [-0.3, -0.25) is 0 Å². The van der Waals surface area contributed by atoms with Crippen molar-refractivity contribution >= 4 is 23.0 Å². The first-order valence-electron chi connectivity index (χ1n) is 7.68. The molecule has 1 aliphatic carbocycles. The van der Waals surface area contributed by atoms with Gasteiger partial charge in [-0.05, 0) is 50.2 Å². The molecule has 1 aliphatic rings. The van der Waals surface area contributed by atoms with Gasteiger partial charge in [-0.1, -0.05) is 37.5 Å². The molecule has 0 amide bonds. The van der Waals surface area contributed by atoms with Crippen LogP contribution in [0, 0.1) is 0 Å². The summed E-state index contributed by atoms with van der Waals surface area (Å²) in [4.78, 5) is 0. The highest BCUT2D eigenvalue weighted by molar-refractivity contribution is 7.80. The Labute approximate surface area is 127 Å². The van der Waals surface area contributed by atoms with Gasteiger partial charge in [0.2, 0.25) is 0 Å². The highest BCUT2D eigenvalue weighted by Crippen LogP contribution is 2.17. The zero-order valence-corrected chi connectivity index (χ0v) is 12.8. The van der Waals surface area contributed by atoms with Crippen LogP contribution in [-0.4, -0.2) is 24.2 Å². The van der Waals surface area contributed by atoms with Crippen molar-refractivity contribution in [3.05, 3.63) is 30.3 Å². The van der Waals surface area contributed by atoms with Crippen molar-refractivity contribution in [2.24, 2.45) is 0 Å². The fraction of sp³-hybridized carbons (Fsp3) is 0.562. The van der Waals surface area contributed by atoms with E-state index in [1.54, 1.807) is 0 Å². The van der Waals surface area contributed by atoms with Gasteiger partial charge < -0.3 is 16.0 Å². The van der Waals surface area contributed by atoms with E-state index < -0.39 is 0 Å². The molecule has 1 saturated carbocycles. The Balaban J connectivity index is 1.51. The largest absolute Gasteiger partial charge is 0.362 e. The van der Waals surface area contributed by atoms with E-state index in [4.69, 9.17) is 12.2 Å². The third-order valence-corrected chi connectivity index (χ3v) is 3.96. The fourth-order valence-corrected chi connectivity index (χ4v) is 2.82. The van der Waals surface area contributed by atoms with Crippen molar-refractivity contribution in [3.63, 3.8) is 0 Å². The molecule has 0 saturated heterocycles. The van der Waals surface area contributed by atoms with Crippen LogP contribution in [-0.2, 0) is 0 Å². The summed E-state index contributed by atoms with van der Waals surface area (Å²) in [6, 6.07) is 10.8.